The van der Waals surface area contributed by atoms with Crippen molar-refractivity contribution in [2.45, 2.75) is 56.8 Å². The van der Waals surface area contributed by atoms with Gasteiger partial charge in [0.1, 0.15) is 24.2 Å². The topological polar surface area (TPSA) is 226 Å². The number of unbranched alkanes of at least 4 members (excludes halogenated alkanes) is 1. The fraction of sp³-hybridized carbons (Fsp3) is 0.611. The van der Waals surface area contributed by atoms with Gasteiger partial charge in [-0.15, -0.1) is 0 Å². The molecule has 1 aromatic rings. The molecule has 10 N–H and O–H groups in total. The Morgan fingerprint density at radius 3 is 2.29 bits per heavy atom. The number of aliphatic carboxylic acids is 1. The average Bonchev–Trinajstić information content (AvgIpc) is 3.24. The monoisotopic (exact) mass is 441 g/mol. The Hall–Kier alpha value is -3.03. The highest BCUT2D eigenvalue weighted by molar-refractivity contribution is 5.94. The summed E-state index contributed by atoms with van der Waals surface area (Å²) in [7, 11) is 0. The van der Waals surface area contributed by atoms with Crippen LogP contribution in [0.25, 0.3) is 0 Å². The lowest BCUT2D eigenvalue weighted by atomic mass is 10.1. The molecular formula is C18H31N7O6. The number of nitrogens with one attached hydrogen (secondary N) is 4. The van der Waals surface area contributed by atoms with Crippen molar-refractivity contribution >= 4 is 23.7 Å². The lowest BCUT2D eigenvalue weighted by molar-refractivity contribution is -0.141. The van der Waals surface area contributed by atoms with E-state index in [0.29, 0.717) is 25.1 Å². The number of carbonyl (C=O) groups excluding carboxylic acids is 3. The number of aliphatic hydroxyl groups is 1. The van der Waals surface area contributed by atoms with Crippen LogP contribution in [-0.4, -0.2) is 81.2 Å². The molecule has 0 aromatic carbocycles. The number of nitrogens with two attached hydrogens (primary N) is 2. The van der Waals surface area contributed by atoms with Crippen LogP contribution in [0.15, 0.2) is 12.5 Å². The first-order chi connectivity index (χ1) is 14.7. The first-order valence-electron chi connectivity index (χ1n) is 9.87. The van der Waals surface area contributed by atoms with E-state index in [2.05, 4.69) is 25.9 Å². The zero-order valence-corrected chi connectivity index (χ0v) is 17.3. The van der Waals surface area contributed by atoms with Crippen molar-refractivity contribution in [3.05, 3.63) is 18.2 Å². The van der Waals surface area contributed by atoms with Crippen LogP contribution in [0.4, 0.5) is 0 Å². The zero-order valence-electron chi connectivity index (χ0n) is 17.3. The molecule has 13 heteroatoms. The number of amides is 3. The molecule has 1 heterocycles. The van der Waals surface area contributed by atoms with E-state index in [1.807, 2.05) is 0 Å². The van der Waals surface area contributed by atoms with Gasteiger partial charge in [0.05, 0.1) is 12.9 Å². The molecule has 0 aliphatic rings. The van der Waals surface area contributed by atoms with E-state index in [1.165, 1.54) is 19.4 Å². The Labute approximate surface area is 179 Å². The number of aromatic amines is 1. The third-order valence-corrected chi connectivity index (χ3v) is 4.45. The Kier molecular flexibility index (Phi) is 11.2. The standard InChI is InChI=1S/C18H31N7O6/c1-10(18(30)31)23-16(28)13(4-2-3-5-19)24-17(29)14(6-11-7-21-9-22-11)25-15(27)12(20)8-26/h7,9-10,12-14,26H,2-6,8,19-20H2,1H3,(H,21,22)(H,23,28)(H,24,29)(H,25,27)(H,30,31). The molecule has 0 fully saturated rings. The van der Waals surface area contributed by atoms with Gasteiger partial charge < -0.3 is 42.6 Å². The summed E-state index contributed by atoms with van der Waals surface area (Å²) < 4.78 is 0. The van der Waals surface area contributed by atoms with Gasteiger partial charge in [0.25, 0.3) is 0 Å². The molecule has 1 aromatic heterocycles. The van der Waals surface area contributed by atoms with Gasteiger partial charge in [-0.05, 0) is 32.7 Å². The summed E-state index contributed by atoms with van der Waals surface area (Å²) in [6, 6.07) is -4.53. The van der Waals surface area contributed by atoms with Gasteiger partial charge in [-0.25, -0.2) is 4.98 Å². The third-order valence-electron chi connectivity index (χ3n) is 4.45. The summed E-state index contributed by atoms with van der Waals surface area (Å²) in [5.74, 6) is -3.31. The molecule has 13 nitrogen and oxygen atoms in total. The maximum Gasteiger partial charge on any atom is 0.325 e. The van der Waals surface area contributed by atoms with Gasteiger partial charge >= 0.3 is 5.97 Å². The predicted octanol–water partition coefficient (Wildman–Crippen LogP) is -3.04. The summed E-state index contributed by atoms with van der Waals surface area (Å²) in [5, 5.41) is 25.4. The summed E-state index contributed by atoms with van der Waals surface area (Å²) in [4.78, 5) is 55.2. The molecule has 0 saturated carbocycles. The number of imidazole rings is 1. The minimum Gasteiger partial charge on any atom is -0.480 e. The zero-order chi connectivity index (χ0) is 23.4. The van der Waals surface area contributed by atoms with Crippen molar-refractivity contribution in [3.8, 4) is 0 Å². The van der Waals surface area contributed by atoms with E-state index >= 15 is 0 Å². The van der Waals surface area contributed by atoms with Crippen molar-refractivity contribution in [2.24, 2.45) is 11.5 Å². The molecule has 0 aliphatic carbocycles. The summed E-state index contributed by atoms with van der Waals surface area (Å²) in [6.07, 6.45) is 4.25. The van der Waals surface area contributed by atoms with Crippen LogP contribution in [0.5, 0.6) is 0 Å². The maximum atomic E-state index is 12.9. The minimum atomic E-state index is -1.22. The van der Waals surface area contributed by atoms with Crippen LogP contribution in [0.3, 0.4) is 0 Å². The van der Waals surface area contributed by atoms with Crippen LogP contribution in [-0.2, 0) is 25.6 Å². The van der Waals surface area contributed by atoms with Crippen molar-refractivity contribution in [3.63, 3.8) is 0 Å². The summed E-state index contributed by atoms with van der Waals surface area (Å²) >= 11 is 0. The smallest absolute Gasteiger partial charge is 0.325 e. The second-order valence-corrected chi connectivity index (χ2v) is 7.05. The number of aromatic nitrogens is 2. The highest BCUT2D eigenvalue weighted by Crippen LogP contribution is 2.05. The summed E-state index contributed by atoms with van der Waals surface area (Å²) in [6.45, 7) is 1.09. The molecule has 3 amide bonds. The van der Waals surface area contributed by atoms with E-state index in [4.69, 9.17) is 21.7 Å². The highest BCUT2D eigenvalue weighted by Gasteiger charge is 2.29. The number of carbonyl (C=O) groups is 4. The normalized spacial score (nSPS) is 14.7. The maximum absolute atomic E-state index is 12.9. The van der Waals surface area contributed by atoms with Crippen LogP contribution >= 0.6 is 0 Å². The Morgan fingerprint density at radius 1 is 1.10 bits per heavy atom. The van der Waals surface area contributed by atoms with E-state index in [0.717, 1.165) is 0 Å². The SMILES string of the molecule is CC(NC(=O)C(CCCCN)NC(=O)C(Cc1cnc[nH]1)NC(=O)C(N)CO)C(=O)O. The minimum absolute atomic E-state index is 0.0262. The Morgan fingerprint density at radius 2 is 1.74 bits per heavy atom. The van der Waals surface area contributed by atoms with E-state index in [-0.39, 0.29) is 12.8 Å². The van der Waals surface area contributed by atoms with Crippen LogP contribution in [0.1, 0.15) is 31.9 Å². The molecule has 1 rings (SSSR count). The largest absolute Gasteiger partial charge is 0.480 e. The number of carboxylic acids is 1. The van der Waals surface area contributed by atoms with Crippen molar-refractivity contribution < 1.29 is 29.4 Å². The van der Waals surface area contributed by atoms with Gasteiger partial charge in [0, 0.05) is 18.3 Å². The third kappa shape index (κ3) is 9.11. The van der Waals surface area contributed by atoms with Crippen molar-refractivity contribution in [2.75, 3.05) is 13.2 Å². The van der Waals surface area contributed by atoms with Gasteiger partial charge in [0.15, 0.2) is 0 Å². The number of carboxylic acid groups (broad SMARTS) is 1. The van der Waals surface area contributed by atoms with Crippen LogP contribution in [0.2, 0.25) is 0 Å². The molecule has 174 valence electrons. The van der Waals surface area contributed by atoms with E-state index in [9.17, 15) is 19.2 Å². The number of nitrogens with zero attached hydrogens (tertiary/aromatic N) is 1. The number of H-pyrrole nitrogens is 1. The van der Waals surface area contributed by atoms with Gasteiger partial charge in [0.2, 0.25) is 17.7 Å². The second-order valence-electron chi connectivity index (χ2n) is 7.05. The molecule has 0 bridgehead atoms. The lowest BCUT2D eigenvalue weighted by Gasteiger charge is -2.24. The average molecular weight is 441 g/mol. The number of rotatable bonds is 14. The highest BCUT2D eigenvalue weighted by atomic mass is 16.4. The molecule has 0 spiro atoms. The predicted molar refractivity (Wildman–Crippen MR) is 109 cm³/mol. The first-order valence-corrected chi connectivity index (χ1v) is 9.87. The fourth-order valence-corrected chi connectivity index (χ4v) is 2.60. The molecule has 0 radical (unpaired) electrons. The molecule has 4 atom stereocenters. The van der Waals surface area contributed by atoms with Crippen LogP contribution < -0.4 is 27.4 Å². The molecule has 31 heavy (non-hydrogen) atoms. The summed E-state index contributed by atoms with van der Waals surface area (Å²) in [5.41, 5.74) is 11.5. The van der Waals surface area contributed by atoms with Gasteiger partial charge in [-0.2, -0.15) is 0 Å². The van der Waals surface area contributed by atoms with Crippen molar-refractivity contribution in [1.29, 1.82) is 0 Å². The quantitative estimate of drug-likeness (QED) is 0.137. The Balaban J connectivity index is 2.95. The molecular weight excluding hydrogens is 410 g/mol. The molecule has 4 unspecified atom stereocenters. The number of hydrogen-bond acceptors (Lipinski definition) is 8. The first kappa shape index (κ1) is 26.0. The lowest BCUT2D eigenvalue weighted by Crippen LogP contribution is -2.57. The van der Waals surface area contributed by atoms with Gasteiger partial charge in [-0.1, -0.05) is 0 Å². The fourth-order valence-electron chi connectivity index (χ4n) is 2.60. The second kappa shape index (κ2) is 13.3. The number of aliphatic hydroxyl groups excluding tert-OH is 1. The Bertz CT molecular complexity index is 727. The van der Waals surface area contributed by atoms with Crippen molar-refractivity contribution in [1.82, 2.24) is 25.9 Å². The van der Waals surface area contributed by atoms with E-state index < -0.39 is 54.5 Å². The molecule has 0 aliphatic heterocycles. The van der Waals surface area contributed by atoms with Gasteiger partial charge in [-0.3, -0.25) is 19.2 Å². The molecule has 0 saturated heterocycles. The van der Waals surface area contributed by atoms with E-state index in [1.54, 1.807) is 0 Å². The number of hydrogen-bond donors (Lipinski definition) is 8. The van der Waals surface area contributed by atoms with Crippen LogP contribution in [0, 0.1) is 0 Å².